The average molecular weight is 361 g/mol. The van der Waals surface area contributed by atoms with Gasteiger partial charge in [-0.05, 0) is 37.0 Å². The fourth-order valence-electron chi connectivity index (χ4n) is 3.48. The van der Waals surface area contributed by atoms with E-state index >= 15 is 0 Å². The van der Waals surface area contributed by atoms with E-state index in [0.717, 1.165) is 17.7 Å². The lowest BCUT2D eigenvalue weighted by Crippen LogP contribution is -2.14. The summed E-state index contributed by atoms with van der Waals surface area (Å²) in [6.45, 7) is 0.378. The summed E-state index contributed by atoms with van der Waals surface area (Å²) in [7, 11) is 0. The van der Waals surface area contributed by atoms with Crippen molar-refractivity contribution in [3.8, 4) is 11.5 Å². The molecule has 1 fully saturated rings. The highest BCUT2D eigenvalue weighted by atomic mass is 35.5. The van der Waals surface area contributed by atoms with Crippen molar-refractivity contribution in [3.05, 3.63) is 69.4 Å². The number of fused-ring (bicyclic) bond motifs is 3. The second kappa shape index (κ2) is 6.70. The third-order valence-electron chi connectivity index (χ3n) is 4.77. The van der Waals surface area contributed by atoms with Crippen LogP contribution in [0.2, 0.25) is 10.0 Å². The van der Waals surface area contributed by atoms with Gasteiger partial charge in [0.15, 0.2) is 0 Å². The topological polar surface area (TPSA) is 18.5 Å². The molecule has 0 spiro atoms. The van der Waals surface area contributed by atoms with Gasteiger partial charge in [0.1, 0.15) is 18.1 Å². The zero-order chi connectivity index (χ0) is 16.5. The molecule has 124 valence electrons. The van der Waals surface area contributed by atoms with Crippen LogP contribution in [0.25, 0.3) is 0 Å². The van der Waals surface area contributed by atoms with Gasteiger partial charge in [0.25, 0.3) is 0 Å². The van der Waals surface area contributed by atoms with E-state index in [1.165, 1.54) is 30.4 Å². The molecule has 0 aromatic heterocycles. The second-order valence-corrected chi connectivity index (χ2v) is 7.12. The van der Waals surface area contributed by atoms with Gasteiger partial charge < -0.3 is 9.47 Å². The van der Waals surface area contributed by atoms with E-state index in [-0.39, 0.29) is 0 Å². The molecular weight excluding hydrogens is 343 g/mol. The molecule has 24 heavy (non-hydrogen) atoms. The molecule has 2 aromatic carbocycles. The number of allylic oxidation sites excluding steroid dienone is 1. The van der Waals surface area contributed by atoms with E-state index in [9.17, 15) is 0 Å². The predicted octanol–water partition coefficient (Wildman–Crippen LogP) is 6.51. The van der Waals surface area contributed by atoms with Gasteiger partial charge in [-0.3, -0.25) is 0 Å². The highest BCUT2D eigenvalue weighted by Crippen LogP contribution is 2.47. The summed E-state index contributed by atoms with van der Waals surface area (Å²) in [5.41, 5.74) is 3.50. The summed E-state index contributed by atoms with van der Waals surface area (Å²) in [5.74, 6) is 1.92. The fourth-order valence-corrected chi connectivity index (χ4v) is 3.90. The van der Waals surface area contributed by atoms with Crippen LogP contribution < -0.4 is 9.47 Å². The predicted molar refractivity (Wildman–Crippen MR) is 97.2 cm³/mol. The summed E-state index contributed by atoms with van der Waals surface area (Å²) in [6, 6.07) is 11.5. The Morgan fingerprint density at radius 3 is 2.83 bits per heavy atom. The first-order chi connectivity index (χ1) is 11.7. The summed E-state index contributed by atoms with van der Waals surface area (Å²) in [6.07, 6.45) is 6.69. The lowest BCUT2D eigenvalue weighted by atomic mass is 9.79. The smallest absolute Gasteiger partial charge is 0.142 e. The molecule has 2 aromatic rings. The Kier molecular flexibility index (Phi) is 4.43. The molecule has 4 rings (SSSR count). The van der Waals surface area contributed by atoms with Gasteiger partial charge in [-0.1, -0.05) is 47.8 Å². The average Bonchev–Trinajstić information content (AvgIpc) is 2.61. The maximum absolute atomic E-state index is 6.47. The van der Waals surface area contributed by atoms with Crippen molar-refractivity contribution < 1.29 is 9.47 Å². The molecule has 1 aliphatic heterocycles. The van der Waals surface area contributed by atoms with Gasteiger partial charge >= 0.3 is 0 Å². The lowest BCUT2D eigenvalue weighted by molar-refractivity contribution is 0.303. The van der Waals surface area contributed by atoms with Gasteiger partial charge in [0.05, 0.1) is 11.3 Å². The maximum atomic E-state index is 6.47. The maximum Gasteiger partial charge on any atom is 0.142 e. The van der Waals surface area contributed by atoms with E-state index in [1.807, 2.05) is 42.7 Å². The monoisotopic (exact) mass is 360 g/mol. The Morgan fingerprint density at radius 1 is 1.08 bits per heavy atom. The number of ether oxygens (including phenoxy) is 2. The molecule has 0 amide bonds. The summed E-state index contributed by atoms with van der Waals surface area (Å²) < 4.78 is 11.7. The largest absolute Gasteiger partial charge is 0.487 e. The molecule has 4 heteroatoms. The Balaban J connectivity index is 1.58. The fraction of sp³-hybridized carbons (Fsp3) is 0.300. The Hall–Kier alpha value is -1.64. The van der Waals surface area contributed by atoms with Gasteiger partial charge in [0, 0.05) is 28.1 Å². The molecular formula is C20H18Cl2O2. The van der Waals surface area contributed by atoms with Crippen LogP contribution in [0.1, 0.15) is 42.7 Å². The van der Waals surface area contributed by atoms with Crippen LogP contribution >= 0.6 is 23.2 Å². The SMILES string of the molecule is Clc1ccccc1COc1cc2c(cc1Cl)C1CCCCC1=CO2. The van der Waals surface area contributed by atoms with Crippen LogP contribution in [-0.4, -0.2) is 0 Å². The number of hydrogen-bond acceptors (Lipinski definition) is 2. The van der Waals surface area contributed by atoms with Crippen LogP contribution in [0.5, 0.6) is 11.5 Å². The summed E-state index contributed by atoms with van der Waals surface area (Å²) in [5, 5.41) is 1.31. The zero-order valence-corrected chi connectivity index (χ0v) is 14.7. The number of benzene rings is 2. The Morgan fingerprint density at radius 2 is 1.96 bits per heavy atom. The van der Waals surface area contributed by atoms with E-state index < -0.39 is 0 Å². The van der Waals surface area contributed by atoms with Crippen LogP contribution in [0, 0.1) is 0 Å². The van der Waals surface area contributed by atoms with Crippen molar-refractivity contribution >= 4 is 23.2 Å². The molecule has 0 N–H and O–H groups in total. The first kappa shape index (κ1) is 15.9. The molecule has 1 unspecified atom stereocenters. The van der Waals surface area contributed by atoms with Crippen molar-refractivity contribution in [3.63, 3.8) is 0 Å². The van der Waals surface area contributed by atoms with Crippen LogP contribution in [0.4, 0.5) is 0 Å². The minimum absolute atomic E-state index is 0.378. The quantitative estimate of drug-likeness (QED) is 0.621. The van der Waals surface area contributed by atoms with Gasteiger partial charge in [-0.25, -0.2) is 0 Å². The van der Waals surface area contributed by atoms with Gasteiger partial charge in [-0.15, -0.1) is 0 Å². The molecule has 2 nitrogen and oxygen atoms in total. The summed E-state index contributed by atoms with van der Waals surface area (Å²) in [4.78, 5) is 0. The molecule has 0 saturated heterocycles. The van der Waals surface area contributed by atoms with Gasteiger partial charge in [0.2, 0.25) is 0 Å². The first-order valence-corrected chi connectivity index (χ1v) is 9.03. The highest BCUT2D eigenvalue weighted by Gasteiger charge is 2.28. The Labute approximate surface area is 152 Å². The molecule has 0 radical (unpaired) electrons. The van der Waals surface area contributed by atoms with Crippen molar-refractivity contribution in [2.45, 2.75) is 38.2 Å². The second-order valence-electron chi connectivity index (χ2n) is 6.31. The van der Waals surface area contributed by atoms with Crippen molar-refractivity contribution in [1.82, 2.24) is 0 Å². The first-order valence-electron chi connectivity index (χ1n) is 8.27. The normalized spacial score (nSPS) is 18.9. The van der Waals surface area contributed by atoms with Crippen molar-refractivity contribution in [2.24, 2.45) is 0 Å². The molecule has 0 bridgehead atoms. The van der Waals surface area contributed by atoms with Crippen molar-refractivity contribution in [2.75, 3.05) is 0 Å². The molecule has 1 aliphatic carbocycles. The molecule has 1 saturated carbocycles. The number of halogens is 2. The van der Waals surface area contributed by atoms with Crippen molar-refractivity contribution in [1.29, 1.82) is 0 Å². The van der Waals surface area contributed by atoms with E-state index in [4.69, 9.17) is 32.7 Å². The Bertz CT molecular complexity index is 798. The standard InChI is InChI=1S/C20H18Cl2O2/c21-17-8-4-2-6-14(17)12-24-20-10-19-16(9-18(20)22)15-7-3-1-5-13(15)11-23-19/h2,4,6,8-11,15H,1,3,5,7,12H2. The minimum Gasteiger partial charge on any atom is -0.487 e. The number of hydrogen-bond donors (Lipinski definition) is 0. The number of rotatable bonds is 3. The molecule has 2 aliphatic rings. The van der Waals surface area contributed by atoms with E-state index in [2.05, 4.69) is 0 Å². The van der Waals surface area contributed by atoms with Crippen LogP contribution in [0.15, 0.2) is 48.2 Å². The highest BCUT2D eigenvalue weighted by molar-refractivity contribution is 6.32. The molecule has 1 atom stereocenters. The third-order valence-corrected chi connectivity index (χ3v) is 5.44. The molecule has 1 heterocycles. The minimum atomic E-state index is 0.378. The van der Waals surface area contributed by atoms with Crippen LogP contribution in [-0.2, 0) is 6.61 Å². The third kappa shape index (κ3) is 3.01. The lowest BCUT2D eigenvalue weighted by Gasteiger charge is -2.30. The van der Waals surface area contributed by atoms with E-state index in [1.54, 1.807) is 0 Å². The van der Waals surface area contributed by atoms with Gasteiger partial charge in [-0.2, -0.15) is 0 Å². The zero-order valence-electron chi connectivity index (χ0n) is 13.2. The van der Waals surface area contributed by atoms with Crippen LogP contribution in [0.3, 0.4) is 0 Å². The van der Waals surface area contributed by atoms with E-state index in [0.29, 0.717) is 28.3 Å². The summed E-state index contributed by atoms with van der Waals surface area (Å²) >= 11 is 12.6.